The van der Waals surface area contributed by atoms with Crippen LogP contribution in [0.15, 0.2) is 18.2 Å². The van der Waals surface area contributed by atoms with Crippen LogP contribution in [0, 0.1) is 11.3 Å². The maximum Gasteiger partial charge on any atom is 0.339 e. The van der Waals surface area contributed by atoms with Crippen LogP contribution in [0.25, 0.3) is 0 Å². The Hall–Kier alpha value is -2.04. The van der Waals surface area contributed by atoms with E-state index in [-0.39, 0.29) is 28.5 Å². The number of carbonyl (C=O) groups is 2. The molecule has 2 rings (SSSR count). The summed E-state index contributed by atoms with van der Waals surface area (Å²) in [4.78, 5) is 23.2. The van der Waals surface area contributed by atoms with Crippen molar-refractivity contribution >= 4 is 17.6 Å². The van der Waals surface area contributed by atoms with Gasteiger partial charge < -0.3 is 15.5 Å². The van der Waals surface area contributed by atoms with Gasteiger partial charge in [-0.05, 0) is 30.4 Å². The molecule has 0 radical (unpaired) electrons. The number of anilines is 1. The van der Waals surface area contributed by atoms with E-state index in [0.717, 1.165) is 19.3 Å². The minimum Gasteiger partial charge on any atom is -0.505 e. The number of para-hydroxylation sites is 1. The molecule has 20 heavy (non-hydrogen) atoms. The quantitative estimate of drug-likeness (QED) is 0.741. The number of nitrogens with one attached hydrogen (secondary N) is 1. The summed E-state index contributed by atoms with van der Waals surface area (Å²) in [6.45, 7) is 4.11. The number of rotatable bonds is 3. The van der Waals surface area contributed by atoms with E-state index in [1.54, 1.807) is 0 Å². The minimum absolute atomic E-state index is 0.0654. The standard InChI is InChI=1S/C15H19NO4/c1-15(2)8-4-6-10(15)13(18)16-11-7-3-5-9(12(11)17)14(19)20/h3,5,7,10,17H,4,6,8H2,1-2H3,(H,16,18)(H,19,20). The van der Waals surface area contributed by atoms with E-state index < -0.39 is 11.7 Å². The van der Waals surface area contributed by atoms with Crippen molar-refractivity contribution in [2.75, 3.05) is 5.32 Å². The van der Waals surface area contributed by atoms with Crippen LogP contribution in [0.2, 0.25) is 0 Å². The third kappa shape index (κ3) is 2.61. The van der Waals surface area contributed by atoms with Crippen LogP contribution in [-0.2, 0) is 4.79 Å². The second kappa shape index (κ2) is 5.15. The normalized spacial score (nSPS) is 20.6. The molecule has 0 aliphatic heterocycles. The number of carboxylic acid groups (broad SMARTS) is 1. The van der Waals surface area contributed by atoms with Gasteiger partial charge in [-0.1, -0.05) is 26.3 Å². The average Bonchev–Trinajstić information content (AvgIpc) is 2.71. The van der Waals surface area contributed by atoms with E-state index in [9.17, 15) is 14.7 Å². The Morgan fingerprint density at radius 2 is 2.05 bits per heavy atom. The van der Waals surface area contributed by atoms with Crippen molar-refractivity contribution in [2.24, 2.45) is 11.3 Å². The fraction of sp³-hybridized carbons (Fsp3) is 0.467. The molecule has 1 aliphatic carbocycles. The zero-order valence-electron chi connectivity index (χ0n) is 11.6. The summed E-state index contributed by atoms with van der Waals surface area (Å²) in [7, 11) is 0. The first-order chi connectivity index (χ1) is 9.33. The predicted octanol–water partition coefficient (Wildman–Crippen LogP) is 2.86. The van der Waals surface area contributed by atoms with Gasteiger partial charge >= 0.3 is 5.97 Å². The second-order valence-corrected chi connectivity index (χ2v) is 5.93. The number of hydrogen-bond acceptors (Lipinski definition) is 3. The summed E-state index contributed by atoms with van der Waals surface area (Å²) in [5, 5.41) is 21.5. The topological polar surface area (TPSA) is 86.6 Å². The molecule has 1 saturated carbocycles. The third-order valence-corrected chi connectivity index (χ3v) is 4.10. The van der Waals surface area contributed by atoms with Gasteiger partial charge in [0.2, 0.25) is 5.91 Å². The van der Waals surface area contributed by atoms with Gasteiger partial charge in [0.05, 0.1) is 5.69 Å². The number of carbonyl (C=O) groups excluding carboxylic acids is 1. The van der Waals surface area contributed by atoms with Gasteiger partial charge in [-0.2, -0.15) is 0 Å². The molecular weight excluding hydrogens is 258 g/mol. The Morgan fingerprint density at radius 1 is 1.35 bits per heavy atom. The van der Waals surface area contributed by atoms with Crippen LogP contribution in [0.5, 0.6) is 5.75 Å². The zero-order chi connectivity index (χ0) is 14.9. The fourth-order valence-corrected chi connectivity index (χ4v) is 2.85. The lowest BCUT2D eigenvalue weighted by atomic mass is 9.81. The molecular formula is C15H19NO4. The smallest absolute Gasteiger partial charge is 0.339 e. The van der Waals surface area contributed by atoms with Crippen LogP contribution in [0.1, 0.15) is 43.5 Å². The predicted molar refractivity (Wildman–Crippen MR) is 74.8 cm³/mol. The summed E-state index contributed by atoms with van der Waals surface area (Å²) in [5.74, 6) is -1.90. The molecule has 1 atom stereocenters. The molecule has 1 aliphatic rings. The lowest BCUT2D eigenvalue weighted by molar-refractivity contribution is -0.122. The summed E-state index contributed by atoms with van der Waals surface area (Å²) in [6, 6.07) is 4.30. The first-order valence-electron chi connectivity index (χ1n) is 6.69. The molecule has 0 bridgehead atoms. The van der Waals surface area contributed by atoms with E-state index in [0.29, 0.717) is 0 Å². The highest BCUT2D eigenvalue weighted by atomic mass is 16.4. The summed E-state index contributed by atoms with van der Waals surface area (Å²) in [6.07, 6.45) is 2.82. The Kier molecular flexibility index (Phi) is 3.70. The number of phenols is 1. The fourth-order valence-electron chi connectivity index (χ4n) is 2.85. The highest BCUT2D eigenvalue weighted by Gasteiger charge is 2.39. The van der Waals surface area contributed by atoms with Crippen molar-refractivity contribution in [1.82, 2.24) is 0 Å². The Morgan fingerprint density at radius 3 is 2.60 bits per heavy atom. The van der Waals surface area contributed by atoms with Crippen molar-refractivity contribution in [3.63, 3.8) is 0 Å². The summed E-state index contributed by atoms with van der Waals surface area (Å²) in [5.41, 5.74) is -0.129. The van der Waals surface area contributed by atoms with Crippen LogP contribution in [0.3, 0.4) is 0 Å². The van der Waals surface area contributed by atoms with Gasteiger partial charge in [0, 0.05) is 5.92 Å². The molecule has 3 N–H and O–H groups in total. The largest absolute Gasteiger partial charge is 0.505 e. The number of amides is 1. The van der Waals surface area contributed by atoms with Gasteiger partial charge in [-0.25, -0.2) is 4.79 Å². The number of aromatic hydroxyl groups is 1. The maximum atomic E-state index is 12.3. The molecule has 5 nitrogen and oxygen atoms in total. The van der Waals surface area contributed by atoms with Crippen LogP contribution in [0.4, 0.5) is 5.69 Å². The average molecular weight is 277 g/mol. The highest BCUT2D eigenvalue weighted by Crippen LogP contribution is 2.43. The number of hydrogen-bond donors (Lipinski definition) is 3. The molecule has 1 unspecified atom stereocenters. The number of aromatic carboxylic acids is 1. The maximum absolute atomic E-state index is 12.3. The molecule has 1 amide bonds. The van der Waals surface area contributed by atoms with Crippen molar-refractivity contribution in [3.8, 4) is 5.75 Å². The highest BCUT2D eigenvalue weighted by molar-refractivity contribution is 5.98. The Balaban J connectivity index is 2.20. The zero-order valence-corrected chi connectivity index (χ0v) is 11.6. The summed E-state index contributed by atoms with van der Waals surface area (Å²) < 4.78 is 0. The Labute approximate surface area is 117 Å². The molecule has 0 aromatic heterocycles. The molecule has 5 heteroatoms. The number of benzene rings is 1. The lowest BCUT2D eigenvalue weighted by Crippen LogP contribution is -2.30. The first kappa shape index (κ1) is 14.4. The molecule has 108 valence electrons. The van der Waals surface area contributed by atoms with Gasteiger partial charge in [0.15, 0.2) is 5.75 Å². The van der Waals surface area contributed by atoms with E-state index in [4.69, 9.17) is 5.11 Å². The van der Waals surface area contributed by atoms with Gasteiger partial charge in [-0.3, -0.25) is 4.79 Å². The summed E-state index contributed by atoms with van der Waals surface area (Å²) >= 11 is 0. The second-order valence-electron chi connectivity index (χ2n) is 5.93. The molecule has 0 spiro atoms. The molecule has 1 aromatic rings. The van der Waals surface area contributed by atoms with Crippen molar-refractivity contribution in [2.45, 2.75) is 33.1 Å². The van der Waals surface area contributed by atoms with E-state index in [1.165, 1.54) is 18.2 Å². The van der Waals surface area contributed by atoms with E-state index in [2.05, 4.69) is 19.2 Å². The minimum atomic E-state index is -1.22. The van der Waals surface area contributed by atoms with Gasteiger partial charge in [-0.15, -0.1) is 0 Å². The van der Waals surface area contributed by atoms with Crippen LogP contribution in [-0.4, -0.2) is 22.1 Å². The first-order valence-corrected chi connectivity index (χ1v) is 6.69. The third-order valence-electron chi connectivity index (χ3n) is 4.10. The van der Waals surface area contributed by atoms with Crippen LogP contribution < -0.4 is 5.32 Å². The SMILES string of the molecule is CC1(C)CCCC1C(=O)Nc1cccc(C(=O)O)c1O. The molecule has 0 saturated heterocycles. The molecule has 1 aromatic carbocycles. The van der Waals surface area contributed by atoms with E-state index in [1.807, 2.05) is 0 Å². The lowest BCUT2D eigenvalue weighted by Gasteiger charge is -2.26. The molecule has 0 heterocycles. The van der Waals surface area contributed by atoms with Crippen molar-refractivity contribution < 1.29 is 19.8 Å². The van der Waals surface area contributed by atoms with Crippen molar-refractivity contribution in [3.05, 3.63) is 23.8 Å². The Bertz CT molecular complexity index is 551. The van der Waals surface area contributed by atoms with Gasteiger partial charge in [0.25, 0.3) is 0 Å². The van der Waals surface area contributed by atoms with Gasteiger partial charge in [0.1, 0.15) is 5.56 Å². The van der Waals surface area contributed by atoms with E-state index >= 15 is 0 Å². The number of carboxylic acids is 1. The van der Waals surface area contributed by atoms with Crippen molar-refractivity contribution in [1.29, 1.82) is 0 Å². The molecule has 1 fully saturated rings. The monoisotopic (exact) mass is 277 g/mol. The van der Waals surface area contributed by atoms with Crippen LogP contribution >= 0.6 is 0 Å².